The van der Waals surface area contributed by atoms with Crippen LogP contribution in [0.3, 0.4) is 0 Å². The Bertz CT molecular complexity index is 233. The lowest BCUT2D eigenvalue weighted by Gasteiger charge is -2.35. The minimum absolute atomic E-state index is 0.0504. The van der Waals surface area contributed by atoms with Crippen molar-refractivity contribution in [2.45, 2.75) is 45.5 Å². The summed E-state index contributed by atoms with van der Waals surface area (Å²) in [6.45, 7) is 4.77. The van der Waals surface area contributed by atoms with Gasteiger partial charge in [-0.05, 0) is 31.2 Å². The van der Waals surface area contributed by atoms with Crippen molar-refractivity contribution in [2.24, 2.45) is 5.41 Å². The second-order valence-electron chi connectivity index (χ2n) is 5.73. The monoisotopic (exact) mass is 278 g/mol. The van der Waals surface area contributed by atoms with Crippen molar-refractivity contribution in [2.75, 3.05) is 39.3 Å². The molecule has 0 bridgehead atoms. The number of rotatable bonds is 10. The highest BCUT2D eigenvalue weighted by molar-refractivity contribution is 4.89. The summed E-state index contributed by atoms with van der Waals surface area (Å²) >= 11 is 0. The van der Waals surface area contributed by atoms with Gasteiger partial charge in [0.2, 0.25) is 0 Å². The normalized spacial score (nSPS) is 18.6. The van der Waals surface area contributed by atoms with Gasteiger partial charge in [0.15, 0.2) is 0 Å². The van der Waals surface area contributed by atoms with Crippen molar-refractivity contribution in [1.29, 1.82) is 0 Å². The molecule has 3 nitrogen and oxygen atoms in total. The second kappa shape index (κ2) is 8.82. The molecule has 2 N–H and O–H groups in total. The Kier molecular flexibility index (Phi) is 7.80. The summed E-state index contributed by atoms with van der Waals surface area (Å²) in [5.41, 5.74) is 0.124. The average Bonchev–Trinajstić information content (AvgIpc) is 2.78. The van der Waals surface area contributed by atoms with Crippen molar-refractivity contribution in [3.05, 3.63) is 0 Å². The Morgan fingerprint density at radius 1 is 1.32 bits per heavy atom. The van der Waals surface area contributed by atoms with Crippen LogP contribution >= 0.6 is 0 Å². The SMILES string of the molecule is CCCNCC1(CN(CCO)CC(F)F)CCCC1. The highest BCUT2D eigenvalue weighted by Crippen LogP contribution is 2.38. The van der Waals surface area contributed by atoms with Gasteiger partial charge in [-0.3, -0.25) is 4.90 Å². The van der Waals surface area contributed by atoms with E-state index in [2.05, 4.69) is 12.2 Å². The number of hydrogen-bond acceptors (Lipinski definition) is 3. The topological polar surface area (TPSA) is 35.5 Å². The Morgan fingerprint density at radius 3 is 2.53 bits per heavy atom. The Labute approximate surface area is 115 Å². The maximum Gasteiger partial charge on any atom is 0.251 e. The van der Waals surface area contributed by atoms with Gasteiger partial charge < -0.3 is 10.4 Å². The van der Waals surface area contributed by atoms with Crippen LogP contribution in [0.4, 0.5) is 8.78 Å². The summed E-state index contributed by atoms with van der Waals surface area (Å²) in [6, 6.07) is 0. The van der Waals surface area contributed by atoms with Crippen molar-refractivity contribution >= 4 is 0 Å². The van der Waals surface area contributed by atoms with Crippen molar-refractivity contribution < 1.29 is 13.9 Å². The number of aliphatic hydroxyl groups excluding tert-OH is 1. The van der Waals surface area contributed by atoms with Crippen LogP contribution in [-0.4, -0.2) is 55.8 Å². The van der Waals surface area contributed by atoms with Crippen LogP contribution < -0.4 is 5.32 Å². The van der Waals surface area contributed by atoms with Gasteiger partial charge >= 0.3 is 0 Å². The van der Waals surface area contributed by atoms with Gasteiger partial charge in [0.1, 0.15) is 0 Å². The molecular formula is C14H28F2N2O. The third-order valence-electron chi connectivity index (χ3n) is 3.96. The summed E-state index contributed by atoms with van der Waals surface area (Å²) in [5.74, 6) is 0. The number of hydrogen-bond donors (Lipinski definition) is 2. The molecule has 5 heteroatoms. The first-order chi connectivity index (χ1) is 9.12. The lowest BCUT2D eigenvalue weighted by molar-refractivity contribution is 0.0513. The molecule has 0 amide bonds. The zero-order chi connectivity index (χ0) is 14.1. The van der Waals surface area contributed by atoms with Crippen LogP contribution in [0.5, 0.6) is 0 Å². The fourth-order valence-corrected chi connectivity index (χ4v) is 3.09. The fourth-order valence-electron chi connectivity index (χ4n) is 3.09. The first kappa shape index (κ1) is 16.8. The average molecular weight is 278 g/mol. The van der Waals surface area contributed by atoms with E-state index < -0.39 is 6.43 Å². The minimum Gasteiger partial charge on any atom is -0.395 e. The van der Waals surface area contributed by atoms with E-state index in [-0.39, 0.29) is 18.6 Å². The standard InChI is InChI=1S/C14H28F2N2O/c1-2-7-17-11-14(5-3-4-6-14)12-18(8-9-19)10-13(15)16/h13,17,19H,2-12H2,1H3. The van der Waals surface area contributed by atoms with Crippen LogP contribution in [0, 0.1) is 5.41 Å². The molecule has 1 aliphatic rings. The molecule has 1 rings (SSSR count). The molecule has 0 aromatic rings. The molecule has 0 aliphatic heterocycles. The van der Waals surface area contributed by atoms with E-state index in [0.29, 0.717) is 13.1 Å². The quantitative estimate of drug-likeness (QED) is 0.601. The lowest BCUT2D eigenvalue weighted by Crippen LogP contribution is -2.45. The number of aliphatic hydroxyl groups is 1. The Hall–Kier alpha value is -0.260. The highest BCUT2D eigenvalue weighted by Gasteiger charge is 2.35. The van der Waals surface area contributed by atoms with E-state index in [1.807, 2.05) is 0 Å². The summed E-state index contributed by atoms with van der Waals surface area (Å²) in [7, 11) is 0. The third-order valence-corrected chi connectivity index (χ3v) is 3.96. The molecular weight excluding hydrogens is 250 g/mol. The largest absolute Gasteiger partial charge is 0.395 e. The number of nitrogens with one attached hydrogen (secondary N) is 1. The molecule has 0 aromatic heterocycles. The fraction of sp³-hybridized carbons (Fsp3) is 1.00. The van der Waals surface area contributed by atoms with E-state index in [0.717, 1.165) is 32.4 Å². The predicted octanol–water partition coefficient (Wildman–Crippen LogP) is 2.11. The van der Waals surface area contributed by atoms with Crippen LogP contribution in [0.2, 0.25) is 0 Å². The molecule has 0 saturated heterocycles. The van der Waals surface area contributed by atoms with E-state index >= 15 is 0 Å². The molecule has 0 aromatic carbocycles. The predicted molar refractivity (Wildman–Crippen MR) is 73.6 cm³/mol. The number of alkyl halides is 2. The highest BCUT2D eigenvalue weighted by atomic mass is 19.3. The molecule has 0 radical (unpaired) electrons. The molecule has 0 atom stereocenters. The van der Waals surface area contributed by atoms with Gasteiger partial charge in [0.05, 0.1) is 13.2 Å². The lowest BCUT2D eigenvalue weighted by atomic mass is 9.85. The van der Waals surface area contributed by atoms with Gasteiger partial charge in [-0.15, -0.1) is 0 Å². The van der Waals surface area contributed by atoms with E-state index in [1.54, 1.807) is 4.90 Å². The molecule has 114 valence electrons. The second-order valence-corrected chi connectivity index (χ2v) is 5.73. The zero-order valence-corrected chi connectivity index (χ0v) is 12.0. The van der Waals surface area contributed by atoms with Crippen molar-refractivity contribution in [3.63, 3.8) is 0 Å². The Morgan fingerprint density at radius 2 is 2.00 bits per heavy atom. The van der Waals surface area contributed by atoms with Gasteiger partial charge in [0, 0.05) is 19.6 Å². The zero-order valence-electron chi connectivity index (χ0n) is 12.0. The molecule has 1 fully saturated rings. The van der Waals surface area contributed by atoms with Gasteiger partial charge in [0.25, 0.3) is 6.43 Å². The molecule has 0 unspecified atom stereocenters. The molecule has 1 saturated carbocycles. The summed E-state index contributed by atoms with van der Waals surface area (Å²) in [6.07, 6.45) is 3.36. The summed E-state index contributed by atoms with van der Waals surface area (Å²) in [4.78, 5) is 1.73. The van der Waals surface area contributed by atoms with E-state index in [9.17, 15) is 8.78 Å². The van der Waals surface area contributed by atoms with E-state index in [1.165, 1.54) is 12.8 Å². The van der Waals surface area contributed by atoms with Crippen LogP contribution in [-0.2, 0) is 0 Å². The molecule has 0 spiro atoms. The van der Waals surface area contributed by atoms with Crippen LogP contribution in [0.1, 0.15) is 39.0 Å². The Balaban J connectivity index is 2.53. The van der Waals surface area contributed by atoms with Gasteiger partial charge in [-0.2, -0.15) is 0 Å². The van der Waals surface area contributed by atoms with E-state index in [4.69, 9.17) is 5.11 Å². The number of halogens is 2. The molecule has 1 aliphatic carbocycles. The van der Waals surface area contributed by atoms with Crippen molar-refractivity contribution in [1.82, 2.24) is 10.2 Å². The van der Waals surface area contributed by atoms with Crippen molar-refractivity contribution in [3.8, 4) is 0 Å². The number of nitrogens with zero attached hydrogens (tertiary/aromatic N) is 1. The summed E-state index contributed by atoms with van der Waals surface area (Å²) < 4.78 is 25.1. The first-order valence-electron chi connectivity index (χ1n) is 7.44. The van der Waals surface area contributed by atoms with Gasteiger partial charge in [-0.1, -0.05) is 19.8 Å². The minimum atomic E-state index is -2.33. The smallest absolute Gasteiger partial charge is 0.251 e. The molecule has 19 heavy (non-hydrogen) atoms. The van der Waals surface area contributed by atoms with Crippen LogP contribution in [0.15, 0.2) is 0 Å². The third kappa shape index (κ3) is 6.15. The summed E-state index contributed by atoms with van der Waals surface area (Å²) in [5, 5.41) is 12.5. The maximum absolute atomic E-state index is 12.6. The first-order valence-corrected chi connectivity index (χ1v) is 7.44. The van der Waals surface area contributed by atoms with Crippen LogP contribution in [0.25, 0.3) is 0 Å². The molecule has 0 heterocycles. The van der Waals surface area contributed by atoms with Gasteiger partial charge in [-0.25, -0.2) is 8.78 Å². The maximum atomic E-state index is 12.6.